The molecule has 1 heterocycles. The Kier molecular flexibility index (Phi) is 3.96. The first-order valence-electron chi connectivity index (χ1n) is 4.46. The Balaban J connectivity index is 3.16. The van der Waals surface area contributed by atoms with Gasteiger partial charge in [0, 0.05) is 22.7 Å². The lowest BCUT2D eigenvalue weighted by molar-refractivity contribution is 0.703. The maximum atomic E-state index is 11.8. The molecule has 0 saturated carbocycles. The van der Waals surface area contributed by atoms with Crippen LogP contribution in [-0.2, 0) is 6.54 Å². The third-order valence-corrected chi connectivity index (χ3v) is 3.47. The van der Waals surface area contributed by atoms with E-state index >= 15 is 0 Å². The second kappa shape index (κ2) is 4.79. The minimum atomic E-state index is 0.161. The zero-order chi connectivity index (χ0) is 9.84. The quantitative estimate of drug-likeness (QED) is 0.619. The highest BCUT2D eigenvalue weighted by molar-refractivity contribution is 14.1. The van der Waals surface area contributed by atoms with Crippen LogP contribution in [0, 0.1) is 0 Å². The van der Waals surface area contributed by atoms with Crippen molar-refractivity contribution < 1.29 is 0 Å². The van der Waals surface area contributed by atoms with Gasteiger partial charge >= 0.3 is 0 Å². The van der Waals surface area contributed by atoms with Crippen molar-refractivity contribution in [2.75, 3.05) is 4.43 Å². The van der Waals surface area contributed by atoms with Gasteiger partial charge in [0.05, 0.1) is 0 Å². The average Bonchev–Trinajstić information content (AvgIpc) is 2.17. The van der Waals surface area contributed by atoms with E-state index in [9.17, 15) is 4.79 Å². The smallest absolute Gasteiger partial charge is 0.254 e. The van der Waals surface area contributed by atoms with Crippen LogP contribution >= 0.6 is 22.6 Å². The van der Waals surface area contributed by atoms with E-state index in [1.54, 1.807) is 4.57 Å². The second-order valence-electron chi connectivity index (χ2n) is 3.11. The number of rotatable bonds is 3. The van der Waals surface area contributed by atoms with Gasteiger partial charge < -0.3 is 4.57 Å². The summed E-state index contributed by atoms with van der Waals surface area (Å²) in [5.41, 5.74) is 1.09. The molecule has 1 aromatic heterocycles. The highest BCUT2D eigenvalue weighted by Gasteiger charge is 2.08. The molecular formula is C10H14INO. The molecular weight excluding hydrogens is 277 g/mol. The Morgan fingerprint density at radius 3 is 2.85 bits per heavy atom. The Hall–Kier alpha value is -0.320. The molecule has 0 fully saturated rings. The number of hydrogen-bond donors (Lipinski definition) is 0. The molecule has 0 aliphatic rings. The fourth-order valence-electron chi connectivity index (χ4n) is 1.26. The summed E-state index contributed by atoms with van der Waals surface area (Å²) >= 11 is 2.31. The topological polar surface area (TPSA) is 22.0 Å². The van der Waals surface area contributed by atoms with Crippen LogP contribution in [0.1, 0.15) is 25.3 Å². The summed E-state index contributed by atoms with van der Waals surface area (Å²) in [6, 6.07) is 3.88. The molecule has 0 spiro atoms. The predicted octanol–water partition coefficient (Wildman–Crippen LogP) is 2.41. The SMILES string of the molecule is CCn1cccc(C(C)CI)c1=O. The van der Waals surface area contributed by atoms with Crippen molar-refractivity contribution in [3.05, 3.63) is 34.2 Å². The summed E-state index contributed by atoms with van der Waals surface area (Å²) in [6.45, 7) is 4.82. The summed E-state index contributed by atoms with van der Waals surface area (Å²) < 4.78 is 2.73. The fraction of sp³-hybridized carbons (Fsp3) is 0.500. The normalized spacial score (nSPS) is 12.8. The first-order valence-corrected chi connectivity index (χ1v) is 5.98. The standard InChI is InChI=1S/C10H14INO/c1-3-12-6-4-5-9(10(12)13)8(2)7-11/h4-6,8H,3,7H2,1-2H3. The molecule has 0 N–H and O–H groups in total. The van der Waals surface area contributed by atoms with Crippen LogP contribution in [0.25, 0.3) is 0 Å². The van der Waals surface area contributed by atoms with Crippen LogP contribution in [0.4, 0.5) is 0 Å². The molecule has 72 valence electrons. The van der Waals surface area contributed by atoms with Gasteiger partial charge in [-0.25, -0.2) is 0 Å². The van der Waals surface area contributed by atoms with Gasteiger partial charge in [0.25, 0.3) is 5.56 Å². The summed E-state index contributed by atoms with van der Waals surface area (Å²) in [7, 11) is 0. The number of nitrogens with zero attached hydrogens (tertiary/aromatic N) is 1. The summed E-state index contributed by atoms with van der Waals surface area (Å²) in [5.74, 6) is 0.354. The van der Waals surface area contributed by atoms with Crippen molar-refractivity contribution >= 4 is 22.6 Å². The minimum absolute atomic E-state index is 0.161. The van der Waals surface area contributed by atoms with E-state index in [0.717, 1.165) is 16.5 Å². The monoisotopic (exact) mass is 291 g/mol. The highest BCUT2D eigenvalue weighted by atomic mass is 127. The molecule has 3 heteroatoms. The largest absolute Gasteiger partial charge is 0.316 e. The number of aromatic nitrogens is 1. The van der Waals surface area contributed by atoms with E-state index < -0.39 is 0 Å². The highest BCUT2D eigenvalue weighted by Crippen LogP contribution is 2.12. The van der Waals surface area contributed by atoms with Gasteiger partial charge in [-0.1, -0.05) is 35.6 Å². The van der Waals surface area contributed by atoms with Gasteiger partial charge in [0.1, 0.15) is 0 Å². The lowest BCUT2D eigenvalue weighted by Gasteiger charge is -2.09. The van der Waals surface area contributed by atoms with Crippen molar-refractivity contribution in [2.24, 2.45) is 0 Å². The van der Waals surface area contributed by atoms with Crippen LogP contribution in [-0.4, -0.2) is 8.99 Å². The predicted molar refractivity (Wildman–Crippen MR) is 63.7 cm³/mol. The van der Waals surface area contributed by atoms with Gasteiger partial charge in [0.2, 0.25) is 0 Å². The molecule has 0 saturated heterocycles. The van der Waals surface area contributed by atoms with Crippen molar-refractivity contribution in [3.63, 3.8) is 0 Å². The van der Waals surface area contributed by atoms with E-state index in [0.29, 0.717) is 5.92 Å². The average molecular weight is 291 g/mol. The molecule has 0 bridgehead atoms. The van der Waals surface area contributed by atoms with Crippen LogP contribution in [0.3, 0.4) is 0 Å². The van der Waals surface area contributed by atoms with Crippen LogP contribution in [0.15, 0.2) is 23.1 Å². The molecule has 0 amide bonds. The van der Waals surface area contributed by atoms with E-state index in [1.807, 2.05) is 25.3 Å². The van der Waals surface area contributed by atoms with Gasteiger partial charge in [0.15, 0.2) is 0 Å². The lowest BCUT2D eigenvalue weighted by Crippen LogP contribution is -2.23. The van der Waals surface area contributed by atoms with Gasteiger partial charge in [-0.05, 0) is 18.9 Å². The van der Waals surface area contributed by atoms with Crippen molar-refractivity contribution in [1.29, 1.82) is 0 Å². The molecule has 2 nitrogen and oxygen atoms in total. The molecule has 1 atom stereocenters. The van der Waals surface area contributed by atoms with E-state index in [2.05, 4.69) is 29.5 Å². The van der Waals surface area contributed by atoms with Gasteiger partial charge in [-0.15, -0.1) is 0 Å². The first-order chi connectivity index (χ1) is 6.20. The Bertz CT molecular complexity index is 332. The molecule has 13 heavy (non-hydrogen) atoms. The number of halogens is 1. The van der Waals surface area contributed by atoms with Crippen LogP contribution in [0.2, 0.25) is 0 Å². The summed E-state index contributed by atoms with van der Waals surface area (Å²) in [6.07, 6.45) is 1.84. The maximum absolute atomic E-state index is 11.8. The third kappa shape index (κ3) is 2.33. The van der Waals surface area contributed by atoms with E-state index in [-0.39, 0.29) is 5.56 Å². The zero-order valence-electron chi connectivity index (χ0n) is 7.96. The van der Waals surface area contributed by atoms with E-state index in [4.69, 9.17) is 0 Å². The molecule has 0 radical (unpaired) electrons. The number of aryl methyl sites for hydroxylation is 1. The number of pyridine rings is 1. The molecule has 1 rings (SSSR count). The molecule has 1 unspecified atom stereocenters. The molecule has 1 aromatic rings. The van der Waals surface area contributed by atoms with Gasteiger partial charge in [-0.2, -0.15) is 0 Å². The zero-order valence-corrected chi connectivity index (χ0v) is 10.1. The van der Waals surface area contributed by atoms with Crippen molar-refractivity contribution in [1.82, 2.24) is 4.57 Å². The lowest BCUT2D eigenvalue weighted by atomic mass is 10.1. The van der Waals surface area contributed by atoms with Crippen LogP contribution in [0.5, 0.6) is 0 Å². The second-order valence-corrected chi connectivity index (χ2v) is 3.99. The maximum Gasteiger partial charge on any atom is 0.254 e. The Morgan fingerprint density at radius 1 is 1.62 bits per heavy atom. The van der Waals surface area contributed by atoms with Crippen LogP contribution < -0.4 is 5.56 Å². The summed E-state index contributed by atoms with van der Waals surface area (Å²) in [5, 5.41) is 0. The number of alkyl halides is 1. The fourth-order valence-corrected chi connectivity index (χ4v) is 1.74. The van der Waals surface area contributed by atoms with Crippen molar-refractivity contribution in [3.8, 4) is 0 Å². The first kappa shape index (κ1) is 10.8. The molecule has 0 aromatic carbocycles. The Morgan fingerprint density at radius 2 is 2.31 bits per heavy atom. The molecule has 0 aliphatic carbocycles. The number of hydrogen-bond acceptors (Lipinski definition) is 1. The van der Waals surface area contributed by atoms with E-state index in [1.165, 1.54) is 0 Å². The summed E-state index contributed by atoms with van der Waals surface area (Å²) in [4.78, 5) is 11.8. The third-order valence-electron chi connectivity index (χ3n) is 2.15. The minimum Gasteiger partial charge on any atom is -0.316 e. The molecule has 0 aliphatic heterocycles. The van der Waals surface area contributed by atoms with Crippen molar-refractivity contribution in [2.45, 2.75) is 26.3 Å². The Labute approximate surface area is 92.1 Å². The van der Waals surface area contributed by atoms with Gasteiger partial charge in [-0.3, -0.25) is 4.79 Å².